The average molecular weight is 573 g/mol. The van der Waals surface area contributed by atoms with E-state index in [0.717, 1.165) is 18.2 Å². The van der Waals surface area contributed by atoms with E-state index in [4.69, 9.17) is 27.9 Å². The molecule has 0 unspecified atom stereocenters. The molecule has 0 bridgehead atoms. The molecule has 37 heavy (non-hydrogen) atoms. The number of carbonyl (C=O) groups excluding carboxylic acids is 2. The van der Waals surface area contributed by atoms with Gasteiger partial charge in [-0.25, -0.2) is 8.42 Å². The van der Waals surface area contributed by atoms with Gasteiger partial charge >= 0.3 is 0 Å². The molecule has 2 amide bonds. The van der Waals surface area contributed by atoms with Crippen molar-refractivity contribution in [2.75, 3.05) is 24.2 Å². The van der Waals surface area contributed by atoms with Crippen molar-refractivity contribution >= 4 is 50.7 Å². The topological polar surface area (TPSA) is 96.0 Å². The Morgan fingerprint density at radius 1 is 1.11 bits per heavy atom. The number of rotatable bonds is 13. The molecule has 0 aliphatic rings. The monoisotopic (exact) mass is 571 g/mol. The minimum Gasteiger partial charge on any atom is -0.495 e. The highest BCUT2D eigenvalue weighted by Crippen LogP contribution is 2.30. The average Bonchev–Trinajstić information content (AvgIpc) is 2.83. The second-order valence-corrected chi connectivity index (χ2v) is 11.7. The van der Waals surface area contributed by atoms with E-state index < -0.39 is 16.1 Å². The molecule has 2 atom stereocenters. The number of hydrogen-bond donors (Lipinski definition) is 1. The summed E-state index contributed by atoms with van der Waals surface area (Å²) in [5.74, 6) is -0.0984. The standard InChI is InChI=1S/C26H35Cl2N3O5S/c1-6-18(2)29-26(33)19(3)30(17-20-9-7-10-21(27)15-20)25(32)11-8-14-31(37(5,34)35)22-12-13-24(36-4)23(28)16-22/h7,9-10,12-13,15-16,18-19H,6,8,11,14,17H2,1-5H3,(H,29,33)/t18-,19-/m1/s1. The van der Waals surface area contributed by atoms with Crippen LogP contribution >= 0.6 is 23.2 Å². The third-order valence-corrected chi connectivity index (χ3v) is 7.71. The van der Waals surface area contributed by atoms with Crippen LogP contribution in [0.15, 0.2) is 42.5 Å². The van der Waals surface area contributed by atoms with Gasteiger partial charge in [-0.3, -0.25) is 13.9 Å². The lowest BCUT2D eigenvalue weighted by Gasteiger charge is -2.30. The highest BCUT2D eigenvalue weighted by atomic mass is 35.5. The van der Waals surface area contributed by atoms with Crippen molar-refractivity contribution in [1.29, 1.82) is 0 Å². The fourth-order valence-corrected chi connectivity index (χ4v) is 5.12. The first-order valence-electron chi connectivity index (χ1n) is 12.0. The maximum Gasteiger partial charge on any atom is 0.242 e. The Bertz CT molecular complexity index is 1190. The summed E-state index contributed by atoms with van der Waals surface area (Å²) in [4.78, 5) is 27.7. The Hall–Kier alpha value is -2.49. The SMILES string of the molecule is CC[C@@H](C)NC(=O)[C@@H](C)N(Cc1cccc(Cl)c1)C(=O)CCCN(c1ccc(OC)c(Cl)c1)S(C)(=O)=O. The second kappa shape index (κ2) is 13.9. The van der Waals surface area contributed by atoms with Crippen LogP contribution in [0.5, 0.6) is 5.75 Å². The maximum absolute atomic E-state index is 13.3. The fourth-order valence-electron chi connectivity index (χ4n) is 3.69. The van der Waals surface area contributed by atoms with E-state index in [-0.39, 0.29) is 48.8 Å². The first-order chi connectivity index (χ1) is 17.4. The summed E-state index contributed by atoms with van der Waals surface area (Å²) in [6.07, 6.45) is 2.13. The van der Waals surface area contributed by atoms with Gasteiger partial charge in [-0.2, -0.15) is 0 Å². The van der Waals surface area contributed by atoms with Crippen LogP contribution in [0.25, 0.3) is 0 Å². The lowest BCUT2D eigenvalue weighted by Crippen LogP contribution is -2.49. The normalized spacial score (nSPS) is 12.9. The largest absolute Gasteiger partial charge is 0.495 e. The lowest BCUT2D eigenvalue weighted by atomic mass is 10.1. The fraction of sp³-hybridized carbons (Fsp3) is 0.462. The number of nitrogens with zero attached hydrogens (tertiary/aromatic N) is 2. The summed E-state index contributed by atoms with van der Waals surface area (Å²) in [6.45, 7) is 5.80. The zero-order valence-corrected chi connectivity index (χ0v) is 24.2. The molecular weight excluding hydrogens is 537 g/mol. The molecule has 8 nitrogen and oxygen atoms in total. The molecule has 0 saturated carbocycles. The van der Waals surface area contributed by atoms with Gasteiger partial charge in [0.2, 0.25) is 21.8 Å². The quantitative estimate of drug-likeness (QED) is 0.369. The molecular formula is C26H35Cl2N3O5S. The van der Waals surface area contributed by atoms with E-state index in [1.807, 2.05) is 19.9 Å². The second-order valence-electron chi connectivity index (χ2n) is 8.90. The predicted molar refractivity (Wildman–Crippen MR) is 149 cm³/mol. The number of ether oxygens (including phenoxy) is 1. The Labute approximate surface area is 229 Å². The Kier molecular flexibility index (Phi) is 11.5. The molecule has 11 heteroatoms. The van der Waals surface area contributed by atoms with Crippen molar-refractivity contribution in [2.24, 2.45) is 0 Å². The molecule has 2 aromatic rings. The minimum atomic E-state index is -3.64. The van der Waals surface area contributed by atoms with Gasteiger partial charge in [0, 0.05) is 30.6 Å². The van der Waals surface area contributed by atoms with Crippen LogP contribution in [0.1, 0.15) is 45.6 Å². The number of sulfonamides is 1. The van der Waals surface area contributed by atoms with Crippen molar-refractivity contribution in [3.05, 3.63) is 58.1 Å². The molecule has 204 valence electrons. The number of hydrogen-bond acceptors (Lipinski definition) is 5. The molecule has 2 rings (SSSR count). The van der Waals surface area contributed by atoms with Crippen molar-refractivity contribution in [3.8, 4) is 5.75 Å². The smallest absolute Gasteiger partial charge is 0.242 e. The highest BCUT2D eigenvalue weighted by Gasteiger charge is 2.27. The van der Waals surface area contributed by atoms with E-state index in [9.17, 15) is 18.0 Å². The number of carbonyl (C=O) groups is 2. The molecule has 0 spiro atoms. The lowest BCUT2D eigenvalue weighted by molar-refractivity contribution is -0.140. The van der Waals surface area contributed by atoms with Crippen molar-refractivity contribution < 1.29 is 22.7 Å². The van der Waals surface area contributed by atoms with Gasteiger partial charge in [-0.1, -0.05) is 42.3 Å². The summed E-state index contributed by atoms with van der Waals surface area (Å²) in [5, 5.41) is 3.73. The maximum atomic E-state index is 13.3. The van der Waals surface area contributed by atoms with Crippen LogP contribution < -0.4 is 14.4 Å². The molecule has 0 fully saturated rings. The first-order valence-corrected chi connectivity index (χ1v) is 14.6. The summed E-state index contributed by atoms with van der Waals surface area (Å²) in [7, 11) is -2.17. The van der Waals surface area contributed by atoms with Gasteiger partial charge in [0.25, 0.3) is 0 Å². The van der Waals surface area contributed by atoms with Crippen LogP contribution in [0.2, 0.25) is 10.0 Å². The van der Waals surface area contributed by atoms with E-state index in [2.05, 4.69) is 5.32 Å². The Balaban J connectivity index is 2.20. The first kappa shape index (κ1) is 30.7. The van der Waals surface area contributed by atoms with Gasteiger partial charge in [0.05, 0.1) is 24.1 Å². The van der Waals surface area contributed by atoms with Crippen molar-refractivity contribution in [2.45, 2.75) is 58.7 Å². The summed E-state index contributed by atoms with van der Waals surface area (Å²) in [6, 6.07) is 11.0. The highest BCUT2D eigenvalue weighted by molar-refractivity contribution is 7.92. The molecule has 0 saturated heterocycles. The van der Waals surface area contributed by atoms with E-state index in [1.165, 1.54) is 22.4 Å². The van der Waals surface area contributed by atoms with Gasteiger partial charge in [-0.05, 0) is 62.6 Å². The van der Waals surface area contributed by atoms with Gasteiger partial charge in [-0.15, -0.1) is 0 Å². The van der Waals surface area contributed by atoms with Gasteiger partial charge in [0.15, 0.2) is 0 Å². The third kappa shape index (κ3) is 9.09. The predicted octanol–water partition coefficient (Wildman–Crippen LogP) is 4.88. The van der Waals surface area contributed by atoms with Crippen molar-refractivity contribution in [3.63, 3.8) is 0 Å². The van der Waals surface area contributed by atoms with E-state index in [0.29, 0.717) is 16.5 Å². The molecule has 0 radical (unpaired) electrons. The summed E-state index contributed by atoms with van der Waals surface area (Å²) < 4.78 is 31.3. The van der Waals surface area contributed by atoms with Crippen LogP contribution in [-0.2, 0) is 26.2 Å². The summed E-state index contributed by atoms with van der Waals surface area (Å²) >= 11 is 12.3. The molecule has 0 aliphatic heterocycles. The van der Waals surface area contributed by atoms with E-state index >= 15 is 0 Å². The molecule has 0 aromatic heterocycles. The number of halogens is 2. The van der Waals surface area contributed by atoms with Gasteiger partial charge < -0.3 is 15.0 Å². The molecule has 0 aliphatic carbocycles. The number of methoxy groups -OCH3 is 1. The van der Waals surface area contributed by atoms with Gasteiger partial charge in [0.1, 0.15) is 11.8 Å². The number of anilines is 1. The molecule has 2 aromatic carbocycles. The van der Waals surface area contributed by atoms with Crippen molar-refractivity contribution in [1.82, 2.24) is 10.2 Å². The van der Waals surface area contributed by atoms with Crippen LogP contribution in [0.4, 0.5) is 5.69 Å². The summed E-state index contributed by atoms with van der Waals surface area (Å²) in [5.41, 5.74) is 1.16. The Morgan fingerprint density at radius 2 is 1.81 bits per heavy atom. The number of nitrogens with one attached hydrogen (secondary N) is 1. The number of benzene rings is 2. The van der Waals surface area contributed by atoms with E-state index in [1.54, 1.807) is 37.3 Å². The Morgan fingerprint density at radius 3 is 2.38 bits per heavy atom. The molecule has 0 heterocycles. The van der Waals surface area contributed by atoms with Crippen LogP contribution in [-0.4, -0.2) is 57.1 Å². The zero-order valence-electron chi connectivity index (χ0n) is 21.8. The van der Waals surface area contributed by atoms with Crippen LogP contribution in [0.3, 0.4) is 0 Å². The zero-order chi connectivity index (χ0) is 27.8. The minimum absolute atomic E-state index is 0.0299. The third-order valence-electron chi connectivity index (χ3n) is 5.99. The number of amides is 2. The van der Waals surface area contributed by atoms with Crippen LogP contribution in [0, 0.1) is 0 Å². The molecule has 1 N–H and O–H groups in total.